The van der Waals surface area contributed by atoms with Gasteiger partial charge in [-0.1, -0.05) is 11.6 Å². The normalized spacial score (nSPS) is 15.2. The highest BCUT2D eigenvalue weighted by molar-refractivity contribution is 7.89. The summed E-state index contributed by atoms with van der Waals surface area (Å²) in [5.41, 5.74) is 2.58. The van der Waals surface area contributed by atoms with E-state index in [1.807, 2.05) is 13.0 Å². The lowest BCUT2D eigenvalue weighted by atomic mass is 10.0. The van der Waals surface area contributed by atoms with Crippen LogP contribution in [0, 0.1) is 6.92 Å². The molecule has 2 aromatic carbocycles. The Morgan fingerprint density at radius 2 is 1.80 bits per heavy atom. The van der Waals surface area contributed by atoms with Crippen molar-refractivity contribution in [3.05, 3.63) is 53.6 Å². The van der Waals surface area contributed by atoms with Gasteiger partial charge in [0, 0.05) is 18.4 Å². The molecule has 0 radical (unpaired) electrons. The molecule has 0 aromatic heterocycles. The minimum Gasteiger partial charge on any atom is -0.507 e. The number of phenolic OH excluding ortho intramolecular Hbond substituents is 1. The fourth-order valence-corrected chi connectivity index (χ4v) is 3.12. The summed E-state index contributed by atoms with van der Waals surface area (Å²) in [6.45, 7) is 1.90. The average Bonchev–Trinajstić information content (AvgIpc) is 2.57. The van der Waals surface area contributed by atoms with Gasteiger partial charge in [0.05, 0.1) is 16.3 Å². The van der Waals surface area contributed by atoms with E-state index in [9.17, 15) is 18.3 Å². The van der Waals surface area contributed by atoms with Crippen molar-refractivity contribution in [1.29, 1.82) is 0 Å². The van der Waals surface area contributed by atoms with Gasteiger partial charge in [-0.3, -0.25) is 4.79 Å². The lowest BCUT2D eigenvalue weighted by Crippen LogP contribution is -2.32. The lowest BCUT2D eigenvalue weighted by Gasteiger charge is -2.24. The molecule has 0 spiro atoms. The molecule has 0 unspecified atom stereocenters. The number of nitrogens with zero attached hydrogens (tertiary/aromatic N) is 2. The Labute approximate surface area is 145 Å². The average molecular weight is 359 g/mol. The number of phenols is 1. The Morgan fingerprint density at radius 3 is 2.44 bits per heavy atom. The van der Waals surface area contributed by atoms with Gasteiger partial charge in [-0.05, 0) is 43.3 Å². The number of nitrogens with two attached hydrogens (primary N) is 1. The van der Waals surface area contributed by atoms with E-state index in [2.05, 4.69) is 5.10 Å². The van der Waals surface area contributed by atoms with Crippen LogP contribution < -0.4 is 10.1 Å². The fraction of sp³-hybridized carbons (Fsp3) is 0.176. The van der Waals surface area contributed by atoms with Gasteiger partial charge in [-0.15, -0.1) is 0 Å². The molecule has 0 fully saturated rings. The van der Waals surface area contributed by atoms with E-state index in [0.29, 0.717) is 23.4 Å². The second kappa shape index (κ2) is 6.30. The number of aryl methyl sites for hydroxylation is 1. The second-order valence-corrected chi connectivity index (χ2v) is 7.37. The molecule has 25 heavy (non-hydrogen) atoms. The number of benzene rings is 2. The third-order valence-electron chi connectivity index (χ3n) is 3.91. The van der Waals surface area contributed by atoms with E-state index < -0.39 is 10.0 Å². The second-order valence-electron chi connectivity index (χ2n) is 5.81. The van der Waals surface area contributed by atoms with Crippen LogP contribution in [0.5, 0.6) is 5.75 Å². The van der Waals surface area contributed by atoms with Crippen LogP contribution in [-0.4, -0.2) is 25.1 Å². The van der Waals surface area contributed by atoms with Crippen molar-refractivity contribution < 1.29 is 18.3 Å². The molecule has 1 amide bonds. The molecule has 7 nitrogen and oxygen atoms in total. The highest BCUT2D eigenvalue weighted by Gasteiger charge is 2.24. The van der Waals surface area contributed by atoms with E-state index in [1.165, 1.54) is 29.3 Å². The van der Waals surface area contributed by atoms with Gasteiger partial charge in [-0.2, -0.15) is 5.10 Å². The number of hydrazone groups is 1. The highest BCUT2D eigenvalue weighted by atomic mass is 32.2. The van der Waals surface area contributed by atoms with Gasteiger partial charge in [-0.25, -0.2) is 18.6 Å². The Kier molecular flexibility index (Phi) is 4.32. The summed E-state index contributed by atoms with van der Waals surface area (Å²) < 4.78 is 22.7. The summed E-state index contributed by atoms with van der Waals surface area (Å²) in [6, 6.07) is 10.8. The number of carbonyl (C=O) groups is 1. The SMILES string of the molecule is Cc1ccc(O)c(C2=NN(c3ccc(S(N)(=O)=O)cc3)C(=O)CC2)c1. The van der Waals surface area contributed by atoms with E-state index in [0.717, 1.165) is 5.56 Å². The van der Waals surface area contributed by atoms with Gasteiger partial charge in [0.15, 0.2) is 0 Å². The molecule has 0 saturated heterocycles. The van der Waals surface area contributed by atoms with Gasteiger partial charge in [0.1, 0.15) is 5.75 Å². The summed E-state index contributed by atoms with van der Waals surface area (Å²) in [4.78, 5) is 12.2. The van der Waals surface area contributed by atoms with Crippen molar-refractivity contribution in [3.63, 3.8) is 0 Å². The summed E-state index contributed by atoms with van der Waals surface area (Å²) >= 11 is 0. The molecule has 3 rings (SSSR count). The first-order valence-electron chi connectivity index (χ1n) is 7.59. The third kappa shape index (κ3) is 3.54. The highest BCUT2D eigenvalue weighted by Crippen LogP contribution is 2.27. The maximum atomic E-state index is 12.2. The largest absolute Gasteiger partial charge is 0.507 e. The Bertz CT molecular complexity index is 966. The van der Waals surface area contributed by atoms with E-state index >= 15 is 0 Å². The van der Waals surface area contributed by atoms with Crippen LogP contribution in [0.4, 0.5) is 5.69 Å². The van der Waals surface area contributed by atoms with Crippen LogP contribution in [0.2, 0.25) is 0 Å². The van der Waals surface area contributed by atoms with Crippen LogP contribution in [0.15, 0.2) is 52.5 Å². The van der Waals surface area contributed by atoms with Gasteiger partial charge < -0.3 is 5.11 Å². The fourth-order valence-electron chi connectivity index (χ4n) is 2.61. The Morgan fingerprint density at radius 1 is 1.12 bits per heavy atom. The van der Waals surface area contributed by atoms with Crippen LogP contribution in [0.25, 0.3) is 0 Å². The van der Waals surface area contributed by atoms with Crippen molar-refractivity contribution in [2.75, 3.05) is 5.01 Å². The number of primary sulfonamides is 1. The molecule has 1 aliphatic heterocycles. The molecule has 3 N–H and O–H groups in total. The van der Waals surface area contributed by atoms with Crippen molar-refractivity contribution >= 4 is 27.3 Å². The molecule has 0 bridgehead atoms. The maximum Gasteiger partial charge on any atom is 0.247 e. The predicted octanol–water partition coefficient (Wildman–Crippen LogP) is 1.88. The van der Waals surface area contributed by atoms with Crippen molar-refractivity contribution in [2.45, 2.75) is 24.7 Å². The third-order valence-corrected chi connectivity index (χ3v) is 4.83. The lowest BCUT2D eigenvalue weighted by molar-refractivity contribution is -0.118. The molecule has 0 atom stereocenters. The summed E-state index contributed by atoms with van der Waals surface area (Å²) in [6.07, 6.45) is 0.658. The molecule has 8 heteroatoms. The van der Waals surface area contributed by atoms with Crippen LogP contribution in [0.1, 0.15) is 24.0 Å². The Hall–Kier alpha value is -2.71. The van der Waals surface area contributed by atoms with Gasteiger partial charge in [0.25, 0.3) is 0 Å². The van der Waals surface area contributed by atoms with E-state index in [1.54, 1.807) is 12.1 Å². The van der Waals surface area contributed by atoms with Gasteiger partial charge in [0.2, 0.25) is 15.9 Å². The summed E-state index contributed by atoms with van der Waals surface area (Å²) in [5, 5.41) is 20.7. The molecule has 1 heterocycles. The number of hydrogen-bond donors (Lipinski definition) is 2. The monoisotopic (exact) mass is 359 g/mol. The zero-order valence-electron chi connectivity index (χ0n) is 13.5. The quantitative estimate of drug-likeness (QED) is 0.871. The number of amides is 1. The molecule has 0 aliphatic carbocycles. The first kappa shape index (κ1) is 17.1. The molecular formula is C17H17N3O4S. The summed E-state index contributed by atoms with van der Waals surface area (Å²) in [5.74, 6) is -0.109. The Balaban J connectivity index is 2.00. The van der Waals surface area contributed by atoms with Crippen molar-refractivity contribution in [3.8, 4) is 5.75 Å². The summed E-state index contributed by atoms with van der Waals surface area (Å²) in [7, 11) is -3.80. The van der Waals surface area contributed by atoms with Gasteiger partial charge >= 0.3 is 0 Å². The number of aromatic hydroxyl groups is 1. The molecular weight excluding hydrogens is 342 g/mol. The molecule has 0 saturated carbocycles. The minimum absolute atomic E-state index is 0.0405. The first-order chi connectivity index (χ1) is 11.8. The number of hydrogen-bond acceptors (Lipinski definition) is 5. The molecule has 130 valence electrons. The van der Waals surface area contributed by atoms with Crippen molar-refractivity contribution in [2.24, 2.45) is 10.2 Å². The predicted molar refractivity (Wildman–Crippen MR) is 93.9 cm³/mol. The smallest absolute Gasteiger partial charge is 0.247 e. The topological polar surface area (TPSA) is 113 Å². The number of anilines is 1. The number of sulfonamides is 1. The molecule has 2 aromatic rings. The first-order valence-corrected chi connectivity index (χ1v) is 9.13. The van der Waals surface area contributed by atoms with Crippen LogP contribution in [0.3, 0.4) is 0 Å². The number of carbonyl (C=O) groups excluding carboxylic acids is 1. The van der Waals surface area contributed by atoms with Crippen molar-refractivity contribution in [1.82, 2.24) is 0 Å². The minimum atomic E-state index is -3.80. The number of rotatable bonds is 3. The maximum absolute atomic E-state index is 12.2. The van der Waals surface area contributed by atoms with Crippen LogP contribution in [-0.2, 0) is 14.8 Å². The zero-order valence-corrected chi connectivity index (χ0v) is 14.3. The zero-order chi connectivity index (χ0) is 18.2. The van der Waals surface area contributed by atoms with E-state index in [4.69, 9.17) is 5.14 Å². The molecule has 1 aliphatic rings. The van der Waals surface area contributed by atoms with Crippen LogP contribution >= 0.6 is 0 Å². The van der Waals surface area contributed by atoms with E-state index in [-0.39, 0.29) is 23.0 Å². The standard InChI is InChI=1S/C17H17N3O4S/c1-11-2-8-16(21)14(10-11)15-7-9-17(22)20(19-15)12-3-5-13(6-4-12)25(18,23)24/h2-6,8,10,21H,7,9H2,1H3,(H2,18,23,24).